The fourth-order valence-electron chi connectivity index (χ4n) is 3.26. The van der Waals surface area contributed by atoms with Gasteiger partial charge in [0, 0.05) is 18.8 Å². The minimum absolute atomic E-state index is 0.135. The van der Waals surface area contributed by atoms with Crippen molar-refractivity contribution in [2.45, 2.75) is 25.4 Å². The van der Waals surface area contributed by atoms with E-state index < -0.39 is 12.0 Å². The standard InChI is InChI=1S/C20H22N2O3/c23-19(22-13-7-12-18(22)20(24)25)15-21(17-10-5-2-6-11-17)14-16-8-3-1-4-9-16/h1-6,8-11,18H,7,12-15H2,(H,24,25)/t18-/m1/s1. The summed E-state index contributed by atoms with van der Waals surface area (Å²) in [5, 5.41) is 9.31. The van der Waals surface area contributed by atoms with Crippen molar-refractivity contribution >= 4 is 17.6 Å². The molecule has 0 aromatic heterocycles. The highest BCUT2D eigenvalue weighted by Crippen LogP contribution is 2.21. The summed E-state index contributed by atoms with van der Waals surface area (Å²) in [7, 11) is 0. The van der Waals surface area contributed by atoms with E-state index in [0.29, 0.717) is 19.5 Å². The number of nitrogens with zero attached hydrogens (tertiary/aromatic N) is 2. The Morgan fingerprint density at radius 1 is 1.04 bits per heavy atom. The van der Waals surface area contributed by atoms with Crippen LogP contribution in [0.15, 0.2) is 60.7 Å². The zero-order chi connectivity index (χ0) is 17.6. The highest BCUT2D eigenvalue weighted by Gasteiger charge is 2.34. The summed E-state index contributed by atoms with van der Waals surface area (Å²) in [6.45, 7) is 1.29. The number of hydrogen-bond acceptors (Lipinski definition) is 3. The van der Waals surface area contributed by atoms with E-state index in [-0.39, 0.29) is 12.5 Å². The first-order valence-electron chi connectivity index (χ1n) is 8.51. The van der Waals surface area contributed by atoms with Crippen molar-refractivity contribution in [3.63, 3.8) is 0 Å². The van der Waals surface area contributed by atoms with Crippen molar-refractivity contribution < 1.29 is 14.7 Å². The molecule has 1 heterocycles. The molecule has 1 aliphatic rings. The molecule has 1 saturated heterocycles. The maximum absolute atomic E-state index is 12.8. The molecule has 1 amide bonds. The summed E-state index contributed by atoms with van der Waals surface area (Å²) < 4.78 is 0. The van der Waals surface area contributed by atoms with Crippen LogP contribution in [0, 0.1) is 0 Å². The fraction of sp³-hybridized carbons (Fsp3) is 0.300. The topological polar surface area (TPSA) is 60.9 Å². The van der Waals surface area contributed by atoms with Crippen LogP contribution in [0.2, 0.25) is 0 Å². The minimum Gasteiger partial charge on any atom is -0.480 e. The number of carbonyl (C=O) groups excluding carboxylic acids is 1. The molecule has 1 aliphatic heterocycles. The van der Waals surface area contributed by atoms with Crippen LogP contribution in [0.1, 0.15) is 18.4 Å². The lowest BCUT2D eigenvalue weighted by Crippen LogP contribution is -2.45. The average Bonchev–Trinajstić information content (AvgIpc) is 3.13. The Balaban J connectivity index is 1.78. The SMILES string of the molecule is O=C(O)[C@H]1CCCN1C(=O)CN(Cc1ccccc1)c1ccccc1. The number of para-hydroxylation sites is 1. The number of likely N-dealkylation sites (tertiary alicyclic amines) is 1. The zero-order valence-electron chi connectivity index (χ0n) is 14.0. The zero-order valence-corrected chi connectivity index (χ0v) is 14.0. The van der Waals surface area contributed by atoms with Crippen LogP contribution in [-0.4, -0.2) is 41.0 Å². The number of amides is 1. The number of benzene rings is 2. The molecule has 2 aromatic rings. The Hall–Kier alpha value is -2.82. The fourth-order valence-corrected chi connectivity index (χ4v) is 3.26. The third kappa shape index (κ3) is 4.18. The Morgan fingerprint density at radius 2 is 1.68 bits per heavy atom. The highest BCUT2D eigenvalue weighted by molar-refractivity contribution is 5.87. The van der Waals surface area contributed by atoms with Crippen LogP contribution in [0.5, 0.6) is 0 Å². The van der Waals surface area contributed by atoms with E-state index in [0.717, 1.165) is 17.7 Å². The molecule has 2 aromatic carbocycles. The summed E-state index contributed by atoms with van der Waals surface area (Å²) in [6.07, 6.45) is 1.28. The van der Waals surface area contributed by atoms with Crippen molar-refractivity contribution in [1.29, 1.82) is 0 Å². The first kappa shape index (κ1) is 17.0. The molecular formula is C20H22N2O3. The Kier molecular flexibility index (Phi) is 5.33. The van der Waals surface area contributed by atoms with Crippen LogP contribution in [0.4, 0.5) is 5.69 Å². The smallest absolute Gasteiger partial charge is 0.326 e. The van der Waals surface area contributed by atoms with Gasteiger partial charge in [0.15, 0.2) is 0 Å². The molecule has 0 radical (unpaired) electrons. The second kappa shape index (κ2) is 7.83. The number of hydrogen-bond donors (Lipinski definition) is 1. The molecule has 5 heteroatoms. The summed E-state index contributed by atoms with van der Waals surface area (Å²) in [4.78, 5) is 27.6. The van der Waals surface area contributed by atoms with Gasteiger partial charge in [-0.05, 0) is 30.5 Å². The summed E-state index contributed by atoms with van der Waals surface area (Å²) in [5.74, 6) is -1.05. The third-order valence-corrected chi connectivity index (χ3v) is 4.52. The number of rotatable bonds is 6. The molecule has 1 fully saturated rings. The molecule has 0 saturated carbocycles. The lowest BCUT2D eigenvalue weighted by atomic mass is 10.2. The van der Waals surface area contributed by atoms with E-state index >= 15 is 0 Å². The average molecular weight is 338 g/mol. The Bertz CT molecular complexity index is 718. The first-order chi connectivity index (χ1) is 12.1. The highest BCUT2D eigenvalue weighted by atomic mass is 16.4. The van der Waals surface area contributed by atoms with Crippen LogP contribution in [-0.2, 0) is 16.1 Å². The maximum Gasteiger partial charge on any atom is 0.326 e. The molecule has 130 valence electrons. The molecule has 1 N–H and O–H groups in total. The third-order valence-electron chi connectivity index (χ3n) is 4.52. The maximum atomic E-state index is 12.8. The van der Waals surface area contributed by atoms with Gasteiger partial charge in [0.2, 0.25) is 5.91 Å². The molecule has 0 unspecified atom stereocenters. The van der Waals surface area contributed by atoms with E-state index in [1.54, 1.807) is 0 Å². The van der Waals surface area contributed by atoms with Gasteiger partial charge in [-0.3, -0.25) is 4.79 Å². The van der Waals surface area contributed by atoms with Crippen LogP contribution in [0.25, 0.3) is 0 Å². The van der Waals surface area contributed by atoms with Gasteiger partial charge in [-0.2, -0.15) is 0 Å². The molecule has 0 spiro atoms. The Labute approximate surface area is 147 Å². The van der Waals surface area contributed by atoms with E-state index in [1.165, 1.54) is 4.90 Å². The molecular weight excluding hydrogens is 316 g/mol. The normalized spacial score (nSPS) is 16.6. The molecule has 0 bridgehead atoms. The predicted octanol–water partition coefficient (Wildman–Crippen LogP) is 2.77. The van der Waals surface area contributed by atoms with Crippen LogP contribution < -0.4 is 4.90 Å². The van der Waals surface area contributed by atoms with Gasteiger partial charge in [-0.1, -0.05) is 48.5 Å². The summed E-state index contributed by atoms with van der Waals surface area (Å²) >= 11 is 0. The first-order valence-corrected chi connectivity index (χ1v) is 8.51. The lowest BCUT2D eigenvalue weighted by molar-refractivity contribution is -0.147. The number of aliphatic carboxylic acids is 1. The molecule has 0 aliphatic carbocycles. The second-order valence-corrected chi connectivity index (χ2v) is 6.26. The summed E-state index contributed by atoms with van der Waals surface area (Å²) in [6, 6.07) is 19.0. The summed E-state index contributed by atoms with van der Waals surface area (Å²) in [5.41, 5.74) is 2.06. The van der Waals surface area contributed by atoms with Gasteiger partial charge in [-0.15, -0.1) is 0 Å². The largest absolute Gasteiger partial charge is 0.480 e. The lowest BCUT2D eigenvalue weighted by Gasteiger charge is -2.28. The molecule has 3 rings (SSSR count). The van der Waals surface area contributed by atoms with Gasteiger partial charge in [0.25, 0.3) is 0 Å². The van der Waals surface area contributed by atoms with Gasteiger partial charge >= 0.3 is 5.97 Å². The minimum atomic E-state index is -0.917. The Morgan fingerprint density at radius 3 is 2.32 bits per heavy atom. The predicted molar refractivity (Wildman–Crippen MR) is 96.3 cm³/mol. The van der Waals surface area contributed by atoms with Gasteiger partial charge in [-0.25, -0.2) is 4.79 Å². The van der Waals surface area contributed by atoms with Gasteiger partial charge in [0.05, 0.1) is 6.54 Å². The number of anilines is 1. The molecule has 1 atom stereocenters. The van der Waals surface area contributed by atoms with E-state index in [4.69, 9.17) is 0 Å². The second-order valence-electron chi connectivity index (χ2n) is 6.26. The van der Waals surface area contributed by atoms with Crippen LogP contribution in [0.3, 0.4) is 0 Å². The van der Waals surface area contributed by atoms with Crippen molar-refractivity contribution in [2.75, 3.05) is 18.0 Å². The number of carboxylic acids is 1. The quantitative estimate of drug-likeness (QED) is 0.880. The van der Waals surface area contributed by atoms with Crippen molar-refractivity contribution in [2.24, 2.45) is 0 Å². The van der Waals surface area contributed by atoms with Crippen molar-refractivity contribution in [3.05, 3.63) is 66.2 Å². The van der Waals surface area contributed by atoms with E-state index in [9.17, 15) is 14.7 Å². The molecule has 5 nitrogen and oxygen atoms in total. The van der Waals surface area contributed by atoms with E-state index in [1.807, 2.05) is 65.6 Å². The number of carboxylic acid groups (broad SMARTS) is 1. The van der Waals surface area contributed by atoms with Gasteiger partial charge in [0.1, 0.15) is 6.04 Å². The monoisotopic (exact) mass is 338 g/mol. The van der Waals surface area contributed by atoms with Crippen molar-refractivity contribution in [3.8, 4) is 0 Å². The molecule has 25 heavy (non-hydrogen) atoms. The number of carbonyl (C=O) groups is 2. The van der Waals surface area contributed by atoms with Crippen LogP contribution >= 0.6 is 0 Å². The van der Waals surface area contributed by atoms with E-state index in [2.05, 4.69) is 0 Å². The van der Waals surface area contributed by atoms with Crippen molar-refractivity contribution in [1.82, 2.24) is 4.90 Å². The van der Waals surface area contributed by atoms with Gasteiger partial charge < -0.3 is 14.9 Å².